The lowest BCUT2D eigenvalue weighted by molar-refractivity contribution is -0.129. The van der Waals surface area contributed by atoms with Crippen molar-refractivity contribution >= 4 is 23.6 Å². The molecule has 0 saturated carbocycles. The first-order valence-electron chi connectivity index (χ1n) is 9.27. The fraction of sp³-hybridized carbons (Fsp3) is 0.333. The number of carbonyl (C=O) groups excluding carboxylic acids is 1. The van der Waals surface area contributed by atoms with E-state index in [0.29, 0.717) is 24.7 Å². The topological polar surface area (TPSA) is 76.1 Å². The fourth-order valence-electron chi connectivity index (χ4n) is 3.67. The SMILES string of the molecule is O=C(O)c1ccccc1SCC(=O)N1CCC[C@@H]1c1ccc2c(c1)OCCO2. The zero-order chi connectivity index (χ0) is 19.5. The van der Waals surface area contributed by atoms with E-state index in [1.165, 1.54) is 11.8 Å². The van der Waals surface area contributed by atoms with Gasteiger partial charge in [0.05, 0.1) is 17.4 Å². The van der Waals surface area contributed by atoms with Crippen LogP contribution in [0.25, 0.3) is 0 Å². The summed E-state index contributed by atoms with van der Waals surface area (Å²) >= 11 is 1.27. The van der Waals surface area contributed by atoms with E-state index in [2.05, 4.69) is 0 Å². The number of aromatic carboxylic acids is 1. The van der Waals surface area contributed by atoms with Crippen LogP contribution in [0.4, 0.5) is 0 Å². The molecule has 1 amide bonds. The molecule has 0 aromatic heterocycles. The van der Waals surface area contributed by atoms with Gasteiger partial charge in [0.15, 0.2) is 11.5 Å². The summed E-state index contributed by atoms with van der Waals surface area (Å²) in [7, 11) is 0. The summed E-state index contributed by atoms with van der Waals surface area (Å²) in [4.78, 5) is 26.7. The molecule has 2 aromatic rings. The number of nitrogens with zero attached hydrogens (tertiary/aromatic N) is 1. The first kappa shape index (κ1) is 18.7. The Morgan fingerprint density at radius 3 is 2.71 bits per heavy atom. The third-order valence-electron chi connectivity index (χ3n) is 4.99. The molecule has 0 spiro atoms. The Bertz CT molecular complexity index is 900. The lowest BCUT2D eigenvalue weighted by Crippen LogP contribution is -2.32. The molecule has 1 saturated heterocycles. The van der Waals surface area contributed by atoms with Gasteiger partial charge in [0.1, 0.15) is 13.2 Å². The Hall–Kier alpha value is -2.67. The minimum absolute atomic E-state index is 0.0126. The van der Waals surface area contributed by atoms with Gasteiger partial charge in [-0.2, -0.15) is 0 Å². The van der Waals surface area contributed by atoms with E-state index in [9.17, 15) is 14.7 Å². The number of carboxylic acids is 1. The lowest BCUT2D eigenvalue weighted by Gasteiger charge is -2.26. The molecule has 2 aliphatic rings. The van der Waals surface area contributed by atoms with Crippen LogP contribution < -0.4 is 9.47 Å². The van der Waals surface area contributed by atoms with Crippen molar-refractivity contribution in [3.63, 3.8) is 0 Å². The Labute approximate surface area is 167 Å². The fourth-order valence-corrected chi connectivity index (χ4v) is 4.60. The van der Waals surface area contributed by atoms with Crippen LogP contribution in [0.1, 0.15) is 34.8 Å². The average molecular weight is 399 g/mol. The predicted molar refractivity (Wildman–Crippen MR) is 105 cm³/mol. The molecule has 0 radical (unpaired) electrons. The van der Waals surface area contributed by atoms with Crippen molar-refractivity contribution in [1.82, 2.24) is 4.90 Å². The summed E-state index contributed by atoms with van der Waals surface area (Å²) in [5, 5.41) is 9.30. The Kier molecular flexibility index (Phi) is 5.43. The monoisotopic (exact) mass is 399 g/mol. The molecule has 0 bridgehead atoms. The number of carbonyl (C=O) groups is 2. The second-order valence-electron chi connectivity index (χ2n) is 6.74. The van der Waals surface area contributed by atoms with Gasteiger partial charge in [0.2, 0.25) is 5.91 Å². The summed E-state index contributed by atoms with van der Waals surface area (Å²) in [5.74, 6) is 0.721. The van der Waals surface area contributed by atoms with Gasteiger partial charge in [-0.3, -0.25) is 4.79 Å². The molecule has 2 aromatic carbocycles. The Balaban J connectivity index is 1.46. The van der Waals surface area contributed by atoms with Crippen molar-refractivity contribution in [2.45, 2.75) is 23.8 Å². The van der Waals surface area contributed by atoms with Crippen molar-refractivity contribution in [3.05, 3.63) is 53.6 Å². The number of rotatable bonds is 5. The average Bonchev–Trinajstić information content (AvgIpc) is 3.22. The highest BCUT2D eigenvalue weighted by Gasteiger charge is 2.31. The van der Waals surface area contributed by atoms with E-state index < -0.39 is 5.97 Å². The van der Waals surface area contributed by atoms with Crippen LogP contribution in [0.15, 0.2) is 47.4 Å². The van der Waals surface area contributed by atoms with Gasteiger partial charge < -0.3 is 19.5 Å². The third-order valence-corrected chi connectivity index (χ3v) is 6.05. The van der Waals surface area contributed by atoms with Gasteiger partial charge in [-0.1, -0.05) is 18.2 Å². The summed E-state index contributed by atoms with van der Waals surface area (Å²) < 4.78 is 11.2. The number of hydrogen-bond donors (Lipinski definition) is 1. The number of carboxylic acid groups (broad SMARTS) is 1. The largest absolute Gasteiger partial charge is 0.486 e. The second-order valence-corrected chi connectivity index (χ2v) is 7.76. The molecule has 6 nitrogen and oxygen atoms in total. The van der Waals surface area contributed by atoms with Gasteiger partial charge in [0.25, 0.3) is 0 Å². The molecule has 28 heavy (non-hydrogen) atoms. The van der Waals surface area contributed by atoms with E-state index >= 15 is 0 Å². The number of amides is 1. The number of likely N-dealkylation sites (tertiary alicyclic amines) is 1. The van der Waals surface area contributed by atoms with E-state index in [1.807, 2.05) is 23.1 Å². The number of thioether (sulfide) groups is 1. The van der Waals surface area contributed by atoms with Crippen molar-refractivity contribution in [3.8, 4) is 11.5 Å². The molecule has 2 aliphatic heterocycles. The number of fused-ring (bicyclic) bond motifs is 1. The summed E-state index contributed by atoms with van der Waals surface area (Å²) in [6.45, 7) is 1.79. The second kappa shape index (κ2) is 8.14. The van der Waals surface area contributed by atoms with Gasteiger partial charge in [-0.15, -0.1) is 11.8 Å². The van der Waals surface area contributed by atoms with Crippen LogP contribution in [0.5, 0.6) is 11.5 Å². The molecular formula is C21H21NO5S. The first-order valence-corrected chi connectivity index (χ1v) is 10.3. The zero-order valence-electron chi connectivity index (χ0n) is 15.3. The highest BCUT2D eigenvalue weighted by Crippen LogP contribution is 2.38. The minimum Gasteiger partial charge on any atom is -0.486 e. The highest BCUT2D eigenvalue weighted by atomic mass is 32.2. The number of hydrogen-bond acceptors (Lipinski definition) is 5. The van der Waals surface area contributed by atoms with Crippen LogP contribution >= 0.6 is 11.8 Å². The molecule has 7 heteroatoms. The maximum Gasteiger partial charge on any atom is 0.336 e. The molecule has 1 fully saturated rings. The maximum atomic E-state index is 12.9. The van der Waals surface area contributed by atoms with Crippen LogP contribution in [0, 0.1) is 0 Å². The molecular weight excluding hydrogens is 378 g/mol. The van der Waals surface area contributed by atoms with Crippen LogP contribution in [-0.2, 0) is 4.79 Å². The van der Waals surface area contributed by atoms with Crippen LogP contribution in [0.3, 0.4) is 0 Å². The molecule has 1 atom stereocenters. The molecule has 0 unspecified atom stereocenters. The van der Waals surface area contributed by atoms with Crippen molar-refractivity contribution in [2.24, 2.45) is 0 Å². The van der Waals surface area contributed by atoms with Gasteiger partial charge in [0, 0.05) is 11.4 Å². The molecule has 2 heterocycles. The van der Waals surface area contributed by atoms with E-state index in [1.54, 1.807) is 24.3 Å². The Morgan fingerprint density at radius 1 is 1.11 bits per heavy atom. The van der Waals surface area contributed by atoms with E-state index in [0.717, 1.165) is 29.9 Å². The lowest BCUT2D eigenvalue weighted by atomic mass is 10.0. The minimum atomic E-state index is -0.981. The van der Waals surface area contributed by atoms with E-state index in [4.69, 9.17) is 9.47 Å². The third kappa shape index (κ3) is 3.80. The quantitative estimate of drug-likeness (QED) is 0.774. The molecule has 0 aliphatic carbocycles. The first-order chi connectivity index (χ1) is 13.6. The maximum absolute atomic E-state index is 12.9. The zero-order valence-corrected chi connectivity index (χ0v) is 16.1. The van der Waals surface area contributed by atoms with Crippen LogP contribution in [-0.4, -0.2) is 47.4 Å². The van der Waals surface area contributed by atoms with Crippen LogP contribution in [0.2, 0.25) is 0 Å². The van der Waals surface area contributed by atoms with Crippen molar-refractivity contribution in [2.75, 3.05) is 25.5 Å². The predicted octanol–water partition coefficient (Wildman–Crippen LogP) is 3.61. The van der Waals surface area contributed by atoms with Gasteiger partial charge in [-0.25, -0.2) is 4.79 Å². The molecule has 146 valence electrons. The summed E-state index contributed by atoms with van der Waals surface area (Å²) in [5.41, 5.74) is 1.27. The smallest absolute Gasteiger partial charge is 0.336 e. The van der Waals surface area contributed by atoms with Crippen molar-refractivity contribution < 1.29 is 24.2 Å². The summed E-state index contributed by atoms with van der Waals surface area (Å²) in [6.07, 6.45) is 1.85. The summed E-state index contributed by atoms with van der Waals surface area (Å²) in [6, 6.07) is 12.7. The molecule has 4 rings (SSSR count). The normalized spacial score (nSPS) is 18.1. The van der Waals surface area contributed by atoms with Gasteiger partial charge in [-0.05, 0) is 42.7 Å². The number of benzene rings is 2. The highest BCUT2D eigenvalue weighted by molar-refractivity contribution is 8.00. The van der Waals surface area contributed by atoms with Crippen molar-refractivity contribution in [1.29, 1.82) is 0 Å². The van der Waals surface area contributed by atoms with Gasteiger partial charge >= 0.3 is 5.97 Å². The Morgan fingerprint density at radius 2 is 1.89 bits per heavy atom. The number of ether oxygens (including phenoxy) is 2. The standard InChI is InChI=1S/C21H21NO5S/c23-20(13-28-19-6-2-1-4-15(19)21(24)25)22-9-3-5-16(22)14-7-8-17-18(12-14)27-11-10-26-17/h1-2,4,6-8,12,16H,3,5,9-11,13H2,(H,24,25)/t16-/m1/s1. The molecule has 1 N–H and O–H groups in total. The van der Waals surface area contributed by atoms with E-state index in [-0.39, 0.29) is 23.3 Å².